The lowest BCUT2D eigenvalue weighted by molar-refractivity contribution is -0.674. The number of hydrogen-bond acceptors (Lipinski definition) is 5. The monoisotopic (exact) mass is 396 g/mol. The van der Waals surface area contributed by atoms with Crippen LogP contribution in [0, 0.1) is 13.8 Å². The fraction of sp³-hybridized carbons (Fsp3) is 0.278. The number of aryl methyl sites for hydroxylation is 2. The normalized spacial score (nSPS) is 11.1. The zero-order chi connectivity index (χ0) is 19.3. The molecule has 8 heteroatoms. The largest absolute Gasteiger partial charge is 0.497 e. The van der Waals surface area contributed by atoms with Gasteiger partial charge in [0.05, 0.1) is 18.1 Å². The summed E-state index contributed by atoms with van der Waals surface area (Å²) in [6.07, 6.45) is 0. The molecule has 0 saturated heterocycles. The Hall–Kier alpha value is -2.00. The van der Waals surface area contributed by atoms with Gasteiger partial charge in [0.2, 0.25) is 10.5 Å². The molecule has 0 aliphatic carbocycles. The van der Waals surface area contributed by atoms with E-state index >= 15 is 0 Å². The molecular formula is C18H22NO5S2+. The summed E-state index contributed by atoms with van der Waals surface area (Å²) in [6.45, 7) is 4.70. The van der Waals surface area contributed by atoms with Gasteiger partial charge in [-0.3, -0.25) is 4.55 Å². The lowest BCUT2D eigenvalue weighted by Crippen LogP contribution is -2.36. The third-order valence-corrected chi connectivity index (χ3v) is 5.69. The molecule has 0 aliphatic heterocycles. The van der Waals surface area contributed by atoms with E-state index in [0.717, 1.165) is 16.8 Å². The van der Waals surface area contributed by atoms with Gasteiger partial charge in [0.25, 0.3) is 10.1 Å². The van der Waals surface area contributed by atoms with E-state index in [1.807, 2.05) is 19.1 Å². The number of aliphatic hydroxyl groups is 1. The van der Waals surface area contributed by atoms with Crippen LogP contribution in [0.25, 0.3) is 10.2 Å². The Morgan fingerprint density at radius 1 is 1.12 bits per heavy atom. The van der Waals surface area contributed by atoms with Gasteiger partial charge in [-0.15, -0.1) is 0 Å². The minimum Gasteiger partial charge on any atom is -0.497 e. The standard InChI is InChI=1S/C11H14NO2S.C7H8O3S/c1-8-12(5-6-13)10-7-9(14-2)3-4-11(10)15-8;1-6-2-4-7(5-3-6)11(8,9)10/h3-4,7,13H,5-6H2,1-2H3;2-5H,1H3,(H,8,9,10)/q+1;. The Morgan fingerprint density at radius 2 is 1.77 bits per heavy atom. The number of aromatic nitrogens is 1. The van der Waals surface area contributed by atoms with Crippen LogP contribution in [0.4, 0.5) is 0 Å². The van der Waals surface area contributed by atoms with E-state index in [0.29, 0.717) is 6.54 Å². The lowest BCUT2D eigenvalue weighted by Gasteiger charge is -1.97. The van der Waals surface area contributed by atoms with E-state index in [1.165, 1.54) is 21.8 Å². The summed E-state index contributed by atoms with van der Waals surface area (Å²) in [5, 5.41) is 10.2. The molecule has 3 aromatic rings. The fourth-order valence-corrected chi connectivity index (χ4v) is 3.90. The van der Waals surface area contributed by atoms with Gasteiger partial charge in [-0.1, -0.05) is 29.0 Å². The molecule has 26 heavy (non-hydrogen) atoms. The van der Waals surface area contributed by atoms with Crippen molar-refractivity contribution in [3.05, 3.63) is 53.0 Å². The van der Waals surface area contributed by atoms with E-state index in [-0.39, 0.29) is 11.5 Å². The SMILES string of the molecule is COc1ccc2sc(C)[n+](CCO)c2c1.Cc1ccc(S(=O)(=O)O)cc1. The molecule has 0 saturated carbocycles. The summed E-state index contributed by atoms with van der Waals surface area (Å²) in [5.74, 6) is 0.854. The molecule has 2 aromatic carbocycles. The Bertz CT molecular complexity index is 979. The first-order valence-corrected chi connectivity index (χ1v) is 10.1. The maximum Gasteiger partial charge on any atom is 0.294 e. The molecule has 0 atom stereocenters. The molecule has 0 fully saturated rings. The van der Waals surface area contributed by atoms with Crippen LogP contribution in [0.15, 0.2) is 47.4 Å². The summed E-state index contributed by atoms with van der Waals surface area (Å²) in [6, 6.07) is 12.0. The molecule has 0 aliphatic rings. The first-order valence-electron chi connectivity index (χ1n) is 7.88. The third kappa shape index (κ3) is 5.01. The number of fused-ring (bicyclic) bond motifs is 1. The van der Waals surface area contributed by atoms with Crippen LogP contribution in [0.5, 0.6) is 5.75 Å². The number of ether oxygens (including phenoxy) is 1. The van der Waals surface area contributed by atoms with Crippen molar-refractivity contribution in [2.45, 2.75) is 25.3 Å². The molecule has 0 unspecified atom stereocenters. The van der Waals surface area contributed by atoms with Crippen molar-refractivity contribution < 1.29 is 27.4 Å². The minimum absolute atomic E-state index is 0.0666. The molecule has 0 amide bonds. The highest BCUT2D eigenvalue weighted by molar-refractivity contribution is 7.85. The number of rotatable bonds is 4. The van der Waals surface area contributed by atoms with Crippen LogP contribution in [-0.2, 0) is 16.7 Å². The number of thiazole rings is 1. The Kier molecular flexibility index (Phi) is 6.71. The van der Waals surface area contributed by atoms with Crippen molar-refractivity contribution >= 4 is 31.7 Å². The number of methoxy groups -OCH3 is 1. The quantitative estimate of drug-likeness (QED) is 0.523. The minimum atomic E-state index is -4.02. The van der Waals surface area contributed by atoms with Crippen molar-refractivity contribution in [1.29, 1.82) is 0 Å². The van der Waals surface area contributed by atoms with Crippen molar-refractivity contribution in [3.63, 3.8) is 0 Å². The zero-order valence-corrected chi connectivity index (χ0v) is 16.5. The van der Waals surface area contributed by atoms with Crippen LogP contribution in [0.3, 0.4) is 0 Å². The van der Waals surface area contributed by atoms with Crippen LogP contribution in [0.2, 0.25) is 0 Å². The molecule has 2 N–H and O–H groups in total. The second-order valence-corrected chi connectivity index (χ2v) is 8.27. The van der Waals surface area contributed by atoms with E-state index < -0.39 is 10.1 Å². The third-order valence-electron chi connectivity index (χ3n) is 3.74. The topological polar surface area (TPSA) is 87.7 Å². The van der Waals surface area contributed by atoms with Gasteiger partial charge in [0.15, 0.2) is 6.54 Å². The molecule has 0 spiro atoms. The zero-order valence-electron chi connectivity index (χ0n) is 14.8. The van der Waals surface area contributed by atoms with Crippen LogP contribution in [-0.4, -0.2) is 31.8 Å². The van der Waals surface area contributed by atoms with E-state index in [9.17, 15) is 8.42 Å². The average molecular weight is 397 g/mol. The summed E-state index contributed by atoms with van der Waals surface area (Å²) < 4.78 is 38.1. The fourth-order valence-electron chi connectivity index (χ4n) is 2.39. The first-order chi connectivity index (χ1) is 12.3. The molecule has 1 aromatic heterocycles. The predicted octanol–water partition coefficient (Wildman–Crippen LogP) is 2.74. The van der Waals surface area contributed by atoms with Gasteiger partial charge in [0, 0.05) is 6.92 Å². The molecule has 1 heterocycles. The Labute approximate surface area is 157 Å². The van der Waals surface area contributed by atoms with Crippen molar-refractivity contribution in [2.75, 3.05) is 13.7 Å². The van der Waals surface area contributed by atoms with Crippen LogP contribution >= 0.6 is 11.3 Å². The highest BCUT2D eigenvalue weighted by Gasteiger charge is 2.16. The highest BCUT2D eigenvalue weighted by Crippen LogP contribution is 2.24. The van der Waals surface area contributed by atoms with Crippen molar-refractivity contribution in [2.24, 2.45) is 0 Å². The van der Waals surface area contributed by atoms with Gasteiger partial charge in [0.1, 0.15) is 17.1 Å². The predicted molar refractivity (Wildman–Crippen MR) is 101 cm³/mol. The molecule has 140 valence electrons. The summed E-state index contributed by atoms with van der Waals surface area (Å²) >= 11 is 1.73. The summed E-state index contributed by atoms with van der Waals surface area (Å²) in [7, 11) is -2.36. The number of nitrogens with zero attached hydrogens (tertiary/aromatic N) is 1. The Balaban J connectivity index is 0.000000197. The van der Waals surface area contributed by atoms with Crippen molar-refractivity contribution in [1.82, 2.24) is 0 Å². The molecule has 0 bridgehead atoms. The van der Waals surface area contributed by atoms with Crippen LogP contribution < -0.4 is 9.30 Å². The molecular weight excluding hydrogens is 374 g/mol. The summed E-state index contributed by atoms with van der Waals surface area (Å²) in [4.78, 5) is -0.0666. The lowest BCUT2D eigenvalue weighted by atomic mass is 10.2. The first kappa shape index (κ1) is 20.3. The van der Waals surface area contributed by atoms with Gasteiger partial charge in [-0.2, -0.15) is 13.0 Å². The average Bonchev–Trinajstić information content (AvgIpc) is 2.90. The number of benzene rings is 2. The maximum absolute atomic E-state index is 10.5. The second-order valence-electron chi connectivity index (χ2n) is 5.62. The van der Waals surface area contributed by atoms with Crippen molar-refractivity contribution in [3.8, 4) is 5.75 Å². The van der Waals surface area contributed by atoms with E-state index in [1.54, 1.807) is 30.6 Å². The van der Waals surface area contributed by atoms with Gasteiger partial charge in [-0.25, -0.2) is 0 Å². The molecule has 3 rings (SSSR count). The Morgan fingerprint density at radius 3 is 2.31 bits per heavy atom. The maximum atomic E-state index is 10.5. The van der Waals surface area contributed by atoms with E-state index in [2.05, 4.69) is 17.6 Å². The second kappa shape index (κ2) is 8.59. The highest BCUT2D eigenvalue weighted by atomic mass is 32.2. The van der Waals surface area contributed by atoms with Crippen LogP contribution in [0.1, 0.15) is 10.6 Å². The number of hydrogen-bond donors (Lipinski definition) is 2. The molecule has 6 nitrogen and oxygen atoms in total. The summed E-state index contributed by atoms with van der Waals surface area (Å²) in [5.41, 5.74) is 2.09. The molecule has 0 radical (unpaired) electrons. The van der Waals surface area contributed by atoms with Gasteiger partial charge >= 0.3 is 0 Å². The van der Waals surface area contributed by atoms with Gasteiger partial charge < -0.3 is 9.84 Å². The smallest absolute Gasteiger partial charge is 0.294 e. The van der Waals surface area contributed by atoms with E-state index in [4.69, 9.17) is 14.4 Å². The number of aliphatic hydroxyl groups excluding tert-OH is 1. The van der Waals surface area contributed by atoms with Gasteiger partial charge in [-0.05, 0) is 31.2 Å².